The number of aliphatic hydroxyl groups is 2. The molecule has 0 fully saturated rings. The van der Waals surface area contributed by atoms with Gasteiger partial charge in [0.15, 0.2) is 0 Å². The van der Waals surface area contributed by atoms with Gasteiger partial charge in [0.25, 0.3) is 0 Å². The van der Waals surface area contributed by atoms with E-state index in [4.69, 9.17) is 4.74 Å². The Bertz CT molecular complexity index is 1340. The maximum Gasteiger partial charge on any atom is 0.305 e. The molecule has 2 atom stereocenters. The van der Waals surface area contributed by atoms with Crippen LogP contribution in [0.15, 0.2) is 36.5 Å². The van der Waals surface area contributed by atoms with Crippen LogP contribution in [0.5, 0.6) is 0 Å². The molecule has 0 spiro atoms. The number of hydrogen-bond donors (Lipinski definition) is 3. The van der Waals surface area contributed by atoms with Gasteiger partial charge in [-0.3, -0.25) is 9.59 Å². The van der Waals surface area contributed by atoms with Crippen LogP contribution >= 0.6 is 0 Å². The van der Waals surface area contributed by atoms with Gasteiger partial charge in [-0.05, 0) is 64.2 Å². The average molecular weight is 1170 g/mol. The van der Waals surface area contributed by atoms with Gasteiger partial charge >= 0.3 is 5.97 Å². The van der Waals surface area contributed by atoms with Crippen molar-refractivity contribution in [3.8, 4) is 0 Å². The Morgan fingerprint density at radius 3 is 0.916 bits per heavy atom. The first-order valence-corrected chi connectivity index (χ1v) is 37.8. The second kappa shape index (κ2) is 72.6. The molecule has 1 amide bonds. The average Bonchev–Trinajstić information content (AvgIpc) is 3.49. The fourth-order valence-electron chi connectivity index (χ4n) is 11.9. The molecule has 0 aliphatic heterocycles. The van der Waals surface area contributed by atoms with Gasteiger partial charge in [-0.25, -0.2) is 0 Å². The molecule has 6 nitrogen and oxygen atoms in total. The Morgan fingerprint density at radius 2 is 0.602 bits per heavy atom. The Kier molecular flexibility index (Phi) is 70.9. The smallest absolute Gasteiger partial charge is 0.305 e. The fourth-order valence-corrected chi connectivity index (χ4v) is 11.9. The number of carbonyl (C=O) groups is 2. The number of allylic oxidation sites excluding steroid dienone is 5. The number of unbranched alkanes of at least 4 members (excludes halogenated alkanes) is 56. The fraction of sp³-hybridized carbons (Fsp3) is 0.896. The van der Waals surface area contributed by atoms with Crippen molar-refractivity contribution in [2.75, 3.05) is 13.2 Å². The summed E-state index contributed by atoms with van der Waals surface area (Å²) in [5.41, 5.74) is 0. The van der Waals surface area contributed by atoms with Crippen molar-refractivity contribution < 1.29 is 24.5 Å². The highest BCUT2D eigenvalue weighted by molar-refractivity contribution is 5.76. The van der Waals surface area contributed by atoms with Gasteiger partial charge < -0.3 is 20.3 Å². The van der Waals surface area contributed by atoms with Gasteiger partial charge in [0.2, 0.25) is 5.91 Å². The predicted molar refractivity (Wildman–Crippen MR) is 366 cm³/mol. The van der Waals surface area contributed by atoms with E-state index < -0.39 is 12.1 Å². The van der Waals surface area contributed by atoms with Gasteiger partial charge in [-0.2, -0.15) is 0 Å². The summed E-state index contributed by atoms with van der Waals surface area (Å²) in [6.07, 6.45) is 94.0. The normalized spacial score (nSPS) is 12.7. The van der Waals surface area contributed by atoms with E-state index >= 15 is 0 Å². The lowest BCUT2D eigenvalue weighted by molar-refractivity contribution is -0.143. The third-order valence-electron chi connectivity index (χ3n) is 17.7. The number of aliphatic hydroxyl groups excluding tert-OH is 2. The number of amides is 1. The molecule has 0 aromatic heterocycles. The van der Waals surface area contributed by atoms with Crippen LogP contribution in [0.1, 0.15) is 418 Å². The zero-order valence-corrected chi connectivity index (χ0v) is 56.2. The number of carbonyl (C=O) groups excluding carboxylic acids is 2. The summed E-state index contributed by atoms with van der Waals surface area (Å²) in [6.45, 7) is 4.94. The summed E-state index contributed by atoms with van der Waals surface area (Å²) in [4.78, 5) is 24.6. The zero-order chi connectivity index (χ0) is 59.9. The molecule has 3 N–H and O–H groups in total. The monoisotopic (exact) mass is 1170 g/mol. The number of hydrogen-bond acceptors (Lipinski definition) is 5. The van der Waals surface area contributed by atoms with Gasteiger partial charge in [-0.15, -0.1) is 0 Å². The van der Waals surface area contributed by atoms with Crippen molar-refractivity contribution in [2.45, 2.75) is 431 Å². The quantitative estimate of drug-likeness (QED) is 0.0320. The minimum absolute atomic E-state index is 0.0215. The van der Waals surface area contributed by atoms with Crippen LogP contribution in [0.25, 0.3) is 0 Å². The van der Waals surface area contributed by atoms with E-state index in [1.165, 1.54) is 347 Å². The molecule has 0 aliphatic carbocycles. The first-order valence-electron chi connectivity index (χ1n) is 37.8. The number of rotatable bonds is 71. The summed E-state index contributed by atoms with van der Waals surface area (Å²) in [5.74, 6) is -0.0426. The molecule has 0 aliphatic rings. The summed E-state index contributed by atoms with van der Waals surface area (Å²) in [5, 5.41) is 23.1. The molecule has 6 heteroatoms. The summed E-state index contributed by atoms with van der Waals surface area (Å²) in [6, 6.07) is -0.625. The molecular weight excluding hydrogens is 1020 g/mol. The van der Waals surface area contributed by atoms with Crippen molar-refractivity contribution >= 4 is 11.9 Å². The van der Waals surface area contributed by atoms with Crippen molar-refractivity contribution in [3.63, 3.8) is 0 Å². The Morgan fingerprint density at radius 1 is 0.337 bits per heavy atom. The first-order chi connectivity index (χ1) is 41.0. The number of esters is 1. The van der Waals surface area contributed by atoms with E-state index in [9.17, 15) is 19.8 Å². The predicted octanol–water partition coefficient (Wildman–Crippen LogP) is 24.7. The molecule has 490 valence electrons. The Labute approximate surface area is 519 Å². The van der Waals surface area contributed by atoms with Crippen LogP contribution in [0, 0.1) is 0 Å². The maximum absolute atomic E-state index is 12.5. The van der Waals surface area contributed by atoms with E-state index in [1.807, 2.05) is 6.08 Å². The lowest BCUT2D eigenvalue weighted by Crippen LogP contribution is -2.45. The third-order valence-corrected chi connectivity index (χ3v) is 17.7. The topological polar surface area (TPSA) is 95.9 Å². The molecule has 0 saturated carbocycles. The SMILES string of the molecule is CCCCCCCCCCCCC/C=C/C(O)C(CO)NC(=O)CCCCCCCCCCCCCCCCCCC/C=C\C/C=C\CCCCCCCCCCCCCOC(=O)CCCCCCCCCCCCCCCCCCCC. The number of ether oxygens (including phenoxy) is 1. The summed E-state index contributed by atoms with van der Waals surface area (Å²) < 4.78 is 5.51. The van der Waals surface area contributed by atoms with E-state index in [1.54, 1.807) is 6.08 Å². The molecule has 2 unspecified atom stereocenters. The largest absolute Gasteiger partial charge is 0.466 e. The van der Waals surface area contributed by atoms with E-state index in [0.29, 0.717) is 19.4 Å². The van der Waals surface area contributed by atoms with Gasteiger partial charge in [-0.1, -0.05) is 378 Å². The van der Waals surface area contributed by atoms with Crippen LogP contribution in [0.3, 0.4) is 0 Å². The summed E-state index contributed by atoms with van der Waals surface area (Å²) >= 11 is 0. The lowest BCUT2D eigenvalue weighted by Gasteiger charge is -2.20. The van der Waals surface area contributed by atoms with Crippen LogP contribution in [0.4, 0.5) is 0 Å². The Hall–Kier alpha value is -1.92. The lowest BCUT2D eigenvalue weighted by atomic mass is 10.0. The van der Waals surface area contributed by atoms with Crippen LogP contribution in [-0.4, -0.2) is 47.4 Å². The van der Waals surface area contributed by atoms with Gasteiger partial charge in [0.05, 0.1) is 25.4 Å². The molecular formula is C77H147NO5. The summed E-state index contributed by atoms with van der Waals surface area (Å²) in [7, 11) is 0. The standard InChI is InChI=1S/C77H147NO5/c1-3-5-7-9-11-13-15-17-18-19-40-43-47-51-55-59-63-67-71-77(82)83-72-68-64-60-56-52-48-44-41-38-36-34-32-30-28-26-24-22-20-21-23-25-27-29-31-33-35-37-39-42-46-50-54-58-62-66-70-76(81)78-74(73-79)75(80)69-65-61-57-53-49-45-16-14-12-10-8-6-4-2/h22,24,28,30,65,69,74-75,79-80H,3-21,23,25-27,29,31-64,66-68,70-73H2,1-2H3,(H,78,81)/b24-22-,30-28-,69-65+. The first kappa shape index (κ1) is 81.1. The van der Waals surface area contributed by atoms with E-state index in [0.717, 1.165) is 44.9 Å². The van der Waals surface area contributed by atoms with Crippen molar-refractivity contribution in [2.24, 2.45) is 0 Å². The molecule has 0 bridgehead atoms. The second-order valence-corrected chi connectivity index (χ2v) is 26.0. The highest BCUT2D eigenvalue weighted by Gasteiger charge is 2.18. The molecule has 0 radical (unpaired) electrons. The molecule has 0 heterocycles. The number of nitrogens with one attached hydrogen (secondary N) is 1. The molecule has 0 aromatic rings. The molecule has 0 aromatic carbocycles. The van der Waals surface area contributed by atoms with Crippen LogP contribution < -0.4 is 5.32 Å². The maximum atomic E-state index is 12.5. The highest BCUT2D eigenvalue weighted by Crippen LogP contribution is 2.19. The van der Waals surface area contributed by atoms with E-state index in [2.05, 4.69) is 43.5 Å². The minimum Gasteiger partial charge on any atom is -0.466 e. The Balaban J connectivity index is 3.35. The van der Waals surface area contributed by atoms with Gasteiger partial charge in [0.1, 0.15) is 0 Å². The van der Waals surface area contributed by atoms with Crippen molar-refractivity contribution in [1.82, 2.24) is 5.32 Å². The molecule has 83 heavy (non-hydrogen) atoms. The molecule has 0 rings (SSSR count). The van der Waals surface area contributed by atoms with Crippen molar-refractivity contribution in [1.29, 1.82) is 0 Å². The van der Waals surface area contributed by atoms with E-state index in [-0.39, 0.29) is 18.5 Å². The molecule has 0 saturated heterocycles. The van der Waals surface area contributed by atoms with Gasteiger partial charge in [0, 0.05) is 12.8 Å². The van der Waals surface area contributed by atoms with Crippen molar-refractivity contribution in [3.05, 3.63) is 36.5 Å². The van der Waals surface area contributed by atoms with Crippen LogP contribution in [0.2, 0.25) is 0 Å². The highest BCUT2D eigenvalue weighted by atomic mass is 16.5. The van der Waals surface area contributed by atoms with Crippen LogP contribution in [-0.2, 0) is 14.3 Å². The minimum atomic E-state index is -0.842. The third kappa shape index (κ3) is 69.1. The zero-order valence-electron chi connectivity index (χ0n) is 56.2. The second-order valence-electron chi connectivity index (χ2n) is 26.0.